The van der Waals surface area contributed by atoms with Crippen LogP contribution >= 0.6 is 11.8 Å². The normalized spacial score (nSPS) is 24.8. The fourth-order valence-corrected chi connectivity index (χ4v) is 1.90. The second kappa shape index (κ2) is 2.74. The lowest BCUT2D eigenvalue weighted by molar-refractivity contribution is 0.202. The van der Waals surface area contributed by atoms with Crippen molar-refractivity contribution in [3.05, 3.63) is 0 Å². The first-order valence-corrected chi connectivity index (χ1v) is 4.18. The fourth-order valence-electron chi connectivity index (χ4n) is 0.732. The van der Waals surface area contributed by atoms with Gasteiger partial charge in [0.15, 0.2) is 0 Å². The van der Waals surface area contributed by atoms with Crippen molar-refractivity contribution in [1.29, 1.82) is 0 Å². The second-order valence-corrected chi connectivity index (χ2v) is 3.53. The first-order chi connectivity index (χ1) is 3.84. The molecule has 0 aromatic heterocycles. The van der Waals surface area contributed by atoms with E-state index < -0.39 is 0 Å². The number of hydrogen-bond acceptors (Lipinski definition) is 2. The lowest BCUT2D eigenvalue weighted by Gasteiger charge is -2.29. The topological polar surface area (TPSA) is 20.2 Å². The summed E-state index contributed by atoms with van der Waals surface area (Å²) in [6, 6.07) is 0. The third-order valence-electron chi connectivity index (χ3n) is 1.76. The van der Waals surface area contributed by atoms with Gasteiger partial charge in [-0.15, -0.1) is 0 Å². The van der Waals surface area contributed by atoms with E-state index in [1.807, 2.05) is 11.8 Å². The highest BCUT2D eigenvalue weighted by atomic mass is 32.2. The Kier molecular flexibility index (Phi) is 2.20. The van der Waals surface area contributed by atoms with Crippen molar-refractivity contribution < 1.29 is 5.11 Å². The van der Waals surface area contributed by atoms with Gasteiger partial charge in [-0.2, -0.15) is 11.8 Å². The molecular weight excluding hydrogens is 120 g/mol. The maximum atomic E-state index is 8.66. The van der Waals surface area contributed by atoms with Gasteiger partial charge in [0.05, 0.1) is 0 Å². The van der Waals surface area contributed by atoms with Crippen LogP contribution in [0.2, 0.25) is 0 Å². The van der Waals surface area contributed by atoms with Crippen LogP contribution in [-0.2, 0) is 0 Å². The van der Waals surface area contributed by atoms with E-state index >= 15 is 0 Å². The first-order valence-electron chi connectivity index (χ1n) is 3.03. The zero-order valence-electron chi connectivity index (χ0n) is 5.13. The number of aliphatic hydroxyl groups excluding tert-OH is 1. The maximum absolute atomic E-state index is 8.66. The van der Waals surface area contributed by atoms with E-state index in [1.165, 1.54) is 11.5 Å². The molecule has 1 unspecified atom stereocenters. The Morgan fingerprint density at radius 3 is 2.50 bits per heavy atom. The average molecular weight is 132 g/mol. The Hall–Kier alpha value is 0.310. The number of aliphatic hydroxyl groups is 1. The number of hydrogen-bond donors (Lipinski definition) is 1. The molecule has 0 aromatic rings. The molecule has 1 saturated heterocycles. The predicted octanol–water partition coefficient (Wildman–Crippen LogP) is 0.978. The van der Waals surface area contributed by atoms with Gasteiger partial charge in [-0.3, -0.25) is 0 Å². The minimum absolute atomic E-state index is 0.366. The van der Waals surface area contributed by atoms with E-state index in [1.54, 1.807) is 0 Å². The largest absolute Gasteiger partial charge is 0.396 e. The highest BCUT2D eigenvalue weighted by molar-refractivity contribution is 8.00. The predicted molar refractivity (Wildman–Crippen MR) is 37.1 cm³/mol. The van der Waals surface area contributed by atoms with Gasteiger partial charge in [-0.1, -0.05) is 6.92 Å². The van der Waals surface area contributed by atoms with Crippen molar-refractivity contribution in [3.63, 3.8) is 0 Å². The summed E-state index contributed by atoms with van der Waals surface area (Å²) in [4.78, 5) is 0. The third kappa shape index (κ3) is 1.17. The standard InChI is InChI=1S/C6H12OS/c1-5(2-7)6-3-8-4-6/h5-7H,2-4H2,1H3. The molecule has 1 rings (SSSR count). The van der Waals surface area contributed by atoms with E-state index in [4.69, 9.17) is 5.11 Å². The highest BCUT2D eigenvalue weighted by Gasteiger charge is 2.23. The Bertz CT molecular complexity index is 68.2. The lowest BCUT2D eigenvalue weighted by atomic mass is 9.98. The molecule has 1 nitrogen and oxygen atoms in total. The molecule has 1 atom stereocenters. The summed E-state index contributed by atoms with van der Waals surface area (Å²) < 4.78 is 0. The van der Waals surface area contributed by atoms with Gasteiger partial charge < -0.3 is 5.11 Å². The van der Waals surface area contributed by atoms with Crippen LogP contribution in [0.4, 0.5) is 0 Å². The van der Waals surface area contributed by atoms with E-state index in [0.29, 0.717) is 12.5 Å². The van der Waals surface area contributed by atoms with Crippen molar-refractivity contribution in [1.82, 2.24) is 0 Å². The van der Waals surface area contributed by atoms with Gasteiger partial charge in [0.1, 0.15) is 0 Å². The van der Waals surface area contributed by atoms with Crippen LogP contribution in [0, 0.1) is 11.8 Å². The molecular formula is C6H12OS. The van der Waals surface area contributed by atoms with Crippen LogP contribution in [0.15, 0.2) is 0 Å². The Balaban J connectivity index is 2.13. The molecule has 1 aliphatic rings. The van der Waals surface area contributed by atoms with Gasteiger partial charge in [-0.05, 0) is 23.3 Å². The number of rotatable bonds is 2. The molecule has 0 radical (unpaired) electrons. The Morgan fingerprint density at radius 1 is 1.75 bits per heavy atom. The molecule has 8 heavy (non-hydrogen) atoms. The van der Waals surface area contributed by atoms with Crippen LogP contribution in [0.5, 0.6) is 0 Å². The molecule has 0 aliphatic carbocycles. The minimum Gasteiger partial charge on any atom is -0.396 e. The molecule has 1 heterocycles. The van der Waals surface area contributed by atoms with Crippen LogP contribution in [0.25, 0.3) is 0 Å². The molecule has 0 saturated carbocycles. The van der Waals surface area contributed by atoms with Gasteiger partial charge in [-0.25, -0.2) is 0 Å². The van der Waals surface area contributed by atoms with Crippen molar-refractivity contribution in [2.45, 2.75) is 6.92 Å². The highest BCUT2D eigenvalue weighted by Crippen LogP contribution is 2.30. The molecule has 1 aliphatic heterocycles. The molecule has 0 amide bonds. The molecule has 0 bridgehead atoms. The molecule has 0 spiro atoms. The van der Waals surface area contributed by atoms with Crippen LogP contribution in [0.3, 0.4) is 0 Å². The molecule has 0 aromatic carbocycles. The van der Waals surface area contributed by atoms with Crippen molar-refractivity contribution in [2.24, 2.45) is 11.8 Å². The van der Waals surface area contributed by atoms with E-state index in [2.05, 4.69) is 6.92 Å². The quantitative estimate of drug-likeness (QED) is 0.604. The zero-order valence-corrected chi connectivity index (χ0v) is 5.95. The second-order valence-electron chi connectivity index (χ2n) is 2.46. The summed E-state index contributed by atoms with van der Waals surface area (Å²) >= 11 is 1.98. The van der Waals surface area contributed by atoms with Crippen LogP contribution in [0.1, 0.15) is 6.92 Å². The molecule has 2 heteroatoms. The van der Waals surface area contributed by atoms with E-state index in [9.17, 15) is 0 Å². The van der Waals surface area contributed by atoms with E-state index in [-0.39, 0.29) is 0 Å². The molecule has 1 N–H and O–H groups in total. The zero-order chi connectivity index (χ0) is 5.98. The lowest BCUT2D eigenvalue weighted by Crippen LogP contribution is -2.27. The van der Waals surface area contributed by atoms with E-state index in [0.717, 1.165) is 5.92 Å². The summed E-state index contributed by atoms with van der Waals surface area (Å²) in [6.07, 6.45) is 0. The number of thioether (sulfide) groups is 1. The fraction of sp³-hybridized carbons (Fsp3) is 1.00. The Labute approximate surface area is 54.5 Å². The first kappa shape index (κ1) is 6.43. The summed E-state index contributed by atoms with van der Waals surface area (Å²) in [5.74, 6) is 3.88. The van der Waals surface area contributed by atoms with Crippen molar-refractivity contribution in [2.75, 3.05) is 18.1 Å². The summed E-state index contributed by atoms with van der Waals surface area (Å²) in [7, 11) is 0. The summed E-state index contributed by atoms with van der Waals surface area (Å²) in [6.45, 7) is 2.48. The third-order valence-corrected chi connectivity index (χ3v) is 3.08. The van der Waals surface area contributed by atoms with Gasteiger partial charge in [0, 0.05) is 6.61 Å². The maximum Gasteiger partial charge on any atom is 0.0459 e. The van der Waals surface area contributed by atoms with Crippen molar-refractivity contribution >= 4 is 11.8 Å². The SMILES string of the molecule is CC(CO)C1CSC1. The smallest absolute Gasteiger partial charge is 0.0459 e. The monoisotopic (exact) mass is 132 g/mol. The van der Waals surface area contributed by atoms with Crippen LogP contribution in [-0.4, -0.2) is 23.2 Å². The van der Waals surface area contributed by atoms with Crippen molar-refractivity contribution in [3.8, 4) is 0 Å². The Morgan fingerprint density at radius 2 is 2.38 bits per heavy atom. The molecule has 48 valence electrons. The summed E-state index contributed by atoms with van der Waals surface area (Å²) in [5.41, 5.74) is 0. The minimum atomic E-state index is 0.366. The average Bonchev–Trinajstić information content (AvgIpc) is 1.62. The van der Waals surface area contributed by atoms with Gasteiger partial charge in [0.25, 0.3) is 0 Å². The van der Waals surface area contributed by atoms with Gasteiger partial charge in [0.2, 0.25) is 0 Å². The van der Waals surface area contributed by atoms with Gasteiger partial charge >= 0.3 is 0 Å². The van der Waals surface area contributed by atoms with Crippen LogP contribution < -0.4 is 0 Å². The molecule has 1 fully saturated rings. The summed E-state index contributed by atoms with van der Waals surface area (Å²) in [5, 5.41) is 8.66.